The van der Waals surface area contributed by atoms with Gasteiger partial charge < -0.3 is 24.4 Å². The molecular weight excluding hydrogens is 284 g/mol. The molecule has 1 aromatic carbocycles. The molecule has 1 N–H and O–H groups in total. The van der Waals surface area contributed by atoms with Crippen LogP contribution in [0.5, 0.6) is 11.5 Å². The molecule has 1 aliphatic heterocycles. The molecule has 1 saturated heterocycles. The van der Waals surface area contributed by atoms with Gasteiger partial charge in [-0.15, -0.1) is 0 Å². The second-order valence-electron chi connectivity index (χ2n) is 5.29. The highest BCUT2D eigenvalue weighted by atomic mass is 16.5. The van der Waals surface area contributed by atoms with Gasteiger partial charge in [0.05, 0.1) is 26.4 Å². The lowest BCUT2D eigenvalue weighted by atomic mass is 10.1. The van der Waals surface area contributed by atoms with Crippen LogP contribution in [0.2, 0.25) is 0 Å². The third kappa shape index (κ3) is 4.35. The molecule has 0 spiro atoms. The van der Waals surface area contributed by atoms with Gasteiger partial charge in [0.1, 0.15) is 24.1 Å². The van der Waals surface area contributed by atoms with Crippen molar-refractivity contribution in [1.29, 1.82) is 0 Å². The van der Waals surface area contributed by atoms with Crippen LogP contribution in [0.25, 0.3) is 0 Å². The molecule has 0 aromatic heterocycles. The largest absolute Gasteiger partial charge is 0.497 e. The van der Waals surface area contributed by atoms with Crippen LogP contribution in [0, 0.1) is 0 Å². The molecule has 1 aromatic rings. The number of amides is 1. The van der Waals surface area contributed by atoms with Gasteiger partial charge in [-0.2, -0.15) is 0 Å². The minimum Gasteiger partial charge on any atom is -0.497 e. The number of hydrogen-bond donors (Lipinski definition) is 1. The maximum atomic E-state index is 12.3. The highest BCUT2D eigenvalue weighted by Crippen LogP contribution is 2.16. The number of methoxy groups -OCH3 is 1. The second-order valence-corrected chi connectivity index (χ2v) is 5.29. The summed E-state index contributed by atoms with van der Waals surface area (Å²) in [6.07, 6.45) is -0.105. The van der Waals surface area contributed by atoms with E-state index in [2.05, 4.69) is 5.32 Å². The molecule has 6 nitrogen and oxygen atoms in total. The van der Waals surface area contributed by atoms with Gasteiger partial charge in [0.25, 0.3) is 0 Å². The summed E-state index contributed by atoms with van der Waals surface area (Å²) in [5, 5.41) is 3.20. The number of hydrogen-bond acceptors (Lipinski definition) is 5. The Balaban J connectivity index is 1.76. The first-order chi connectivity index (χ1) is 10.6. The number of rotatable bonds is 6. The number of carbonyl (C=O) groups excluding carboxylic acids is 1. The lowest BCUT2D eigenvalue weighted by Gasteiger charge is -2.32. The predicted molar refractivity (Wildman–Crippen MR) is 83.3 cm³/mol. The van der Waals surface area contributed by atoms with Crippen molar-refractivity contribution in [3.05, 3.63) is 24.3 Å². The average Bonchev–Trinajstić information content (AvgIpc) is 2.55. The van der Waals surface area contributed by atoms with E-state index in [-0.39, 0.29) is 18.1 Å². The number of benzene rings is 1. The normalized spacial score (nSPS) is 21.2. The molecule has 122 valence electrons. The molecule has 0 saturated carbocycles. The van der Waals surface area contributed by atoms with Gasteiger partial charge in [0.15, 0.2) is 0 Å². The second kappa shape index (κ2) is 8.00. The van der Waals surface area contributed by atoms with Gasteiger partial charge in [-0.25, -0.2) is 0 Å². The SMILES string of the molecule is COc1ccc(OCCN(C)C(=O)[C@H]2NCCO[C@@H]2C)cc1. The molecular formula is C16H24N2O4. The fourth-order valence-corrected chi connectivity index (χ4v) is 2.33. The molecule has 0 aliphatic carbocycles. The molecule has 2 rings (SSSR count). The Hall–Kier alpha value is -1.79. The molecule has 6 heteroatoms. The number of nitrogens with one attached hydrogen (secondary N) is 1. The van der Waals surface area contributed by atoms with Crippen LogP contribution < -0.4 is 14.8 Å². The van der Waals surface area contributed by atoms with Crippen LogP contribution in [-0.4, -0.2) is 63.4 Å². The first kappa shape index (κ1) is 16.6. The minimum atomic E-state index is -0.278. The Morgan fingerprint density at radius 3 is 2.68 bits per heavy atom. The van der Waals surface area contributed by atoms with Crippen molar-refractivity contribution in [2.75, 3.05) is 40.5 Å². The zero-order chi connectivity index (χ0) is 15.9. The van der Waals surface area contributed by atoms with E-state index in [1.807, 2.05) is 31.2 Å². The van der Waals surface area contributed by atoms with Crippen molar-refractivity contribution in [3.8, 4) is 11.5 Å². The Kier molecular flexibility index (Phi) is 6.03. The lowest BCUT2D eigenvalue weighted by molar-refractivity contribution is -0.138. The average molecular weight is 308 g/mol. The minimum absolute atomic E-state index is 0.0329. The number of nitrogens with zero attached hydrogens (tertiary/aromatic N) is 1. The molecule has 1 fully saturated rings. The summed E-state index contributed by atoms with van der Waals surface area (Å²) in [7, 11) is 3.41. The Morgan fingerprint density at radius 2 is 2.05 bits per heavy atom. The van der Waals surface area contributed by atoms with E-state index < -0.39 is 0 Å². The van der Waals surface area contributed by atoms with E-state index in [1.165, 1.54) is 0 Å². The summed E-state index contributed by atoms with van der Waals surface area (Å²) >= 11 is 0. The monoisotopic (exact) mass is 308 g/mol. The maximum Gasteiger partial charge on any atom is 0.242 e. The van der Waals surface area contributed by atoms with Crippen LogP contribution in [0.1, 0.15) is 6.92 Å². The fraction of sp³-hybridized carbons (Fsp3) is 0.562. The van der Waals surface area contributed by atoms with Crippen molar-refractivity contribution in [1.82, 2.24) is 10.2 Å². The molecule has 2 atom stereocenters. The smallest absolute Gasteiger partial charge is 0.242 e. The Bertz CT molecular complexity index is 478. The first-order valence-corrected chi connectivity index (χ1v) is 7.48. The van der Waals surface area contributed by atoms with Gasteiger partial charge in [0, 0.05) is 13.6 Å². The van der Waals surface area contributed by atoms with Gasteiger partial charge in [0.2, 0.25) is 5.91 Å². The van der Waals surface area contributed by atoms with E-state index in [1.54, 1.807) is 19.1 Å². The molecule has 1 amide bonds. The molecule has 0 radical (unpaired) electrons. The molecule has 1 aliphatic rings. The highest BCUT2D eigenvalue weighted by Gasteiger charge is 2.30. The van der Waals surface area contributed by atoms with Gasteiger partial charge in [-0.05, 0) is 31.2 Å². The van der Waals surface area contributed by atoms with Crippen LogP contribution >= 0.6 is 0 Å². The molecule has 0 unspecified atom stereocenters. The first-order valence-electron chi connectivity index (χ1n) is 7.48. The third-order valence-corrected chi connectivity index (χ3v) is 3.71. The van der Waals surface area contributed by atoms with Crippen molar-refractivity contribution in [2.24, 2.45) is 0 Å². The van der Waals surface area contributed by atoms with Crippen molar-refractivity contribution in [2.45, 2.75) is 19.1 Å². The van der Waals surface area contributed by atoms with Gasteiger partial charge in [-0.3, -0.25) is 4.79 Å². The quantitative estimate of drug-likeness (QED) is 0.846. The predicted octanol–water partition coefficient (Wildman–Crippen LogP) is 0.909. The van der Waals surface area contributed by atoms with Gasteiger partial charge in [-0.1, -0.05) is 0 Å². The summed E-state index contributed by atoms with van der Waals surface area (Å²) in [5.74, 6) is 1.58. The van der Waals surface area contributed by atoms with Crippen LogP contribution in [0.4, 0.5) is 0 Å². The molecule has 22 heavy (non-hydrogen) atoms. The van der Waals surface area contributed by atoms with Crippen molar-refractivity contribution >= 4 is 5.91 Å². The fourth-order valence-electron chi connectivity index (χ4n) is 2.33. The Morgan fingerprint density at radius 1 is 1.36 bits per heavy atom. The zero-order valence-corrected chi connectivity index (χ0v) is 13.4. The van der Waals surface area contributed by atoms with E-state index in [0.717, 1.165) is 11.5 Å². The maximum absolute atomic E-state index is 12.3. The van der Waals surface area contributed by atoms with Gasteiger partial charge >= 0.3 is 0 Å². The number of carbonyl (C=O) groups is 1. The summed E-state index contributed by atoms with van der Waals surface area (Å²) in [6, 6.07) is 7.10. The van der Waals surface area contributed by atoms with Crippen LogP contribution in [-0.2, 0) is 9.53 Å². The summed E-state index contributed by atoms with van der Waals surface area (Å²) < 4.78 is 16.2. The standard InChI is InChI=1S/C16H24N2O4/c1-12-15(17-8-10-21-12)16(19)18(2)9-11-22-14-6-4-13(20-3)5-7-14/h4-7,12,15,17H,8-11H2,1-3H3/t12-,15+/m1/s1. The number of morpholine rings is 1. The number of ether oxygens (including phenoxy) is 3. The van der Waals surface area contributed by atoms with E-state index in [0.29, 0.717) is 26.3 Å². The number of likely N-dealkylation sites (N-methyl/N-ethyl adjacent to an activating group) is 1. The summed E-state index contributed by atoms with van der Waals surface area (Å²) in [5.41, 5.74) is 0. The van der Waals surface area contributed by atoms with E-state index in [9.17, 15) is 4.79 Å². The van der Waals surface area contributed by atoms with Crippen LogP contribution in [0.3, 0.4) is 0 Å². The third-order valence-electron chi connectivity index (χ3n) is 3.71. The van der Waals surface area contributed by atoms with E-state index >= 15 is 0 Å². The van der Waals surface area contributed by atoms with Crippen molar-refractivity contribution in [3.63, 3.8) is 0 Å². The summed E-state index contributed by atoms with van der Waals surface area (Å²) in [4.78, 5) is 14.0. The van der Waals surface area contributed by atoms with E-state index in [4.69, 9.17) is 14.2 Å². The lowest BCUT2D eigenvalue weighted by Crippen LogP contribution is -2.56. The molecule has 1 heterocycles. The molecule has 0 bridgehead atoms. The zero-order valence-electron chi connectivity index (χ0n) is 13.4. The Labute approximate surface area is 131 Å². The van der Waals surface area contributed by atoms with Crippen LogP contribution in [0.15, 0.2) is 24.3 Å². The summed E-state index contributed by atoms with van der Waals surface area (Å²) in [6.45, 7) is 4.23. The topological polar surface area (TPSA) is 60.0 Å². The highest BCUT2D eigenvalue weighted by molar-refractivity contribution is 5.82. The van der Waals surface area contributed by atoms with Crippen molar-refractivity contribution < 1.29 is 19.0 Å².